The number of hydrogen-bond acceptors (Lipinski definition) is 24. The number of ether oxygens (including phenoxy) is 8. The van der Waals surface area contributed by atoms with Crippen molar-refractivity contribution in [3.8, 4) is 0 Å². The topological polar surface area (TPSA) is 210 Å². The van der Waals surface area contributed by atoms with Crippen LogP contribution < -0.4 is 0 Å². The zero-order valence-corrected chi connectivity index (χ0v) is 88.8. The third kappa shape index (κ3) is 95.5. The highest BCUT2D eigenvalue weighted by Crippen LogP contribution is 2.29. The molecule has 0 fully saturated rings. The number of carbonyl (C=O) groups excluding carboxylic acids is 8. The van der Waals surface area contributed by atoms with Gasteiger partial charge in [0.15, 0.2) is 0 Å². The SMILES string of the molecule is CCCCCCCCCCC(CCCCCCCC)CSCCC(=O)OCCCC.CCCCCCSCCC(=O)OCC(CC)(COC(=O)CCSCCCCCC)COC(=O)CCSCCCCCC.CCCCCCSCCC(=O)OCC(COC(=O)CCSCCCCCC)(COC(=O)CCSCCCCCC)COC(=O)CCSCCCCCC. The molecule has 0 saturated heterocycles. The average Bonchev–Trinajstić information content (AvgIpc) is 0.864. The van der Waals surface area contributed by atoms with Crippen molar-refractivity contribution in [3.05, 3.63) is 0 Å². The molecular weight excluding hydrogens is 1730 g/mol. The van der Waals surface area contributed by atoms with Crippen LogP contribution >= 0.6 is 94.1 Å². The molecule has 0 N–H and O–H groups in total. The van der Waals surface area contributed by atoms with E-state index in [1.165, 1.54) is 263 Å². The maximum absolute atomic E-state index is 12.9. The molecule has 24 heteroatoms. The molecule has 0 aliphatic heterocycles. The summed E-state index contributed by atoms with van der Waals surface area (Å²) in [6.07, 6.45) is 61.2. The monoisotopic (exact) mass is 1920 g/mol. The molecule has 740 valence electrons. The summed E-state index contributed by atoms with van der Waals surface area (Å²) >= 11 is 14.3. The fourth-order valence-electron chi connectivity index (χ4n) is 12.9. The van der Waals surface area contributed by atoms with Gasteiger partial charge in [-0.25, -0.2) is 0 Å². The van der Waals surface area contributed by atoms with Gasteiger partial charge in [0.25, 0.3) is 0 Å². The van der Waals surface area contributed by atoms with Crippen LogP contribution in [-0.2, 0) is 76.3 Å². The van der Waals surface area contributed by atoms with E-state index in [1.54, 1.807) is 82.3 Å². The first-order chi connectivity index (χ1) is 61.0. The van der Waals surface area contributed by atoms with Crippen LogP contribution in [0, 0.1) is 16.7 Å². The van der Waals surface area contributed by atoms with Gasteiger partial charge in [0.1, 0.15) is 51.7 Å². The summed E-state index contributed by atoms with van der Waals surface area (Å²) < 4.78 is 45.2. The van der Waals surface area contributed by atoms with Gasteiger partial charge in [-0.3, -0.25) is 38.4 Å². The van der Waals surface area contributed by atoms with Crippen molar-refractivity contribution in [1.29, 1.82) is 0 Å². The zero-order valence-electron chi connectivity index (χ0n) is 82.2. The summed E-state index contributed by atoms with van der Waals surface area (Å²) in [5.41, 5.74) is -1.95. The standard InChI is InChI=1S/C41H76O8S4.C33H62O6S3.C27H54O2S/c1-5-9-13-17-25-50-29-21-37(42)46-33-41(34-47-38(43)22-30-51-26-18-14-10-6-2,35-48-39(44)23-31-52-27-19-15-11-7-3)36-49-40(45)24-32-53-28-20-16-12-8-4;1-5-9-12-15-21-40-24-18-30(34)37-27-33(8-4,28-38-31(35)19-25-41-22-16-13-10-6-2)29-39-32(36)20-26-42-23-17-14-11-7-3;1-4-7-10-12-14-15-17-19-21-26(20-18-16-13-11-8-5-2)25-30-24-22-27(28)29-23-9-6-3/h5-36H2,1-4H3;5-29H2,1-4H3;26H,4-25H2,1-3H3. The first-order valence-corrected chi connectivity index (χ1v) is 60.1. The molecule has 0 radical (unpaired) electrons. The number of esters is 8. The Balaban J connectivity index is -0.00000186. The van der Waals surface area contributed by atoms with Gasteiger partial charge < -0.3 is 37.9 Å². The van der Waals surface area contributed by atoms with Gasteiger partial charge in [0.05, 0.1) is 63.4 Å². The Hall–Kier alpha value is -1.44. The van der Waals surface area contributed by atoms with E-state index in [2.05, 4.69) is 69.2 Å². The molecule has 1 unspecified atom stereocenters. The second-order valence-electron chi connectivity index (χ2n) is 34.0. The fourth-order valence-corrected chi connectivity index (χ4v) is 20.5. The maximum Gasteiger partial charge on any atom is 0.306 e. The van der Waals surface area contributed by atoms with Crippen molar-refractivity contribution >= 4 is 142 Å². The van der Waals surface area contributed by atoms with Crippen LogP contribution in [0.1, 0.15) is 429 Å². The minimum atomic E-state index is -1.21. The van der Waals surface area contributed by atoms with Crippen LogP contribution in [0.15, 0.2) is 0 Å². The second-order valence-corrected chi connectivity index (χ2v) is 43.7. The minimum absolute atomic E-state index is 0.00787. The van der Waals surface area contributed by atoms with E-state index in [4.69, 9.17) is 37.9 Å². The molecule has 0 saturated carbocycles. The Morgan fingerprint density at radius 1 is 0.192 bits per heavy atom. The van der Waals surface area contributed by atoms with Crippen LogP contribution in [-0.4, -0.2) is 193 Å². The van der Waals surface area contributed by atoms with Gasteiger partial charge in [-0.15, -0.1) is 0 Å². The third-order valence-electron chi connectivity index (χ3n) is 21.7. The number of unbranched alkanes of at least 4 members (excludes halogenated alkanes) is 34. The van der Waals surface area contributed by atoms with E-state index < -0.39 is 10.8 Å². The molecule has 0 aromatic carbocycles. The summed E-state index contributed by atoms with van der Waals surface area (Å²) in [4.78, 5) is 101. The van der Waals surface area contributed by atoms with Gasteiger partial charge in [0, 0.05) is 46.0 Å². The summed E-state index contributed by atoms with van der Waals surface area (Å²) in [6, 6.07) is 0. The first kappa shape index (κ1) is 128. The fraction of sp³-hybridized carbons (Fsp3) is 0.921. The van der Waals surface area contributed by atoms with Gasteiger partial charge in [-0.05, 0) is 123 Å². The predicted octanol–water partition coefficient (Wildman–Crippen LogP) is 29.4. The Kier molecular flexibility index (Phi) is 105. The molecule has 0 spiro atoms. The molecule has 16 nitrogen and oxygen atoms in total. The second kappa shape index (κ2) is 103. The molecule has 0 amide bonds. The molecule has 0 aromatic rings. The average molecular weight is 1920 g/mol. The zero-order chi connectivity index (χ0) is 92.4. The largest absolute Gasteiger partial charge is 0.466 e. The van der Waals surface area contributed by atoms with Gasteiger partial charge >= 0.3 is 47.8 Å². The Labute approximate surface area is 802 Å². The lowest BCUT2D eigenvalue weighted by Gasteiger charge is -2.31. The van der Waals surface area contributed by atoms with E-state index >= 15 is 0 Å². The summed E-state index contributed by atoms with van der Waals surface area (Å²) in [6.45, 7) is 24.1. The Morgan fingerprint density at radius 3 is 0.576 bits per heavy atom. The Bertz CT molecular complexity index is 2160. The lowest BCUT2D eigenvalue weighted by atomic mass is 9.88. The van der Waals surface area contributed by atoms with Crippen LogP contribution in [0.25, 0.3) is 0 Å². The minimum Gasteiger partial charge on any atom is -0.466 e. The lowest BCUT2D eigenvalue weighted by molar-refractivity contribution is -0.171. The van der Waals surface area contributed by atoms with Crippen LogP contribution in [0.2, 0.25) is 0 Å². The van der Waals surface area contributed by atoms with E-state index in [-0.39, 0.29) is 120 Å². The summed E-state index contributed by atoms with van der Waals surface area (Å²) in [5.74, 6) is 12.7. The highest BCUT2D eigenvalue weighted by Gasteiger charge is 2.39. The van der Waals surface area contributed by atoms with E-state index in [1.807, 2.05) is 18.7 Å². The van der Waals surface area contributed by atoms with E-state index in [0.29, 0.717) is 61.7 Å². The molecule has 0 aliphatic rings. The molecule has 0 aliphatic carbocycles. The molecule has 125 heavy (non-hydrogen) atoms. The highest BCUT2D eigenvalue weighted by atomic mass is 32.2. The van der Waals surface area contributed by atoms with Gasteiger partial charge in [-0.1, -0.05) is 307 Å². The highest BCUT2D eigenvalue weighted by molar-refractivity contribution is 8.00. The third-order valence-corrected chi connectivity index (χ3v) is 30.4. The number of thioether (sulfide) groups is 8. The molecule has 0 bridgehead atoms. The van der Waals surface area contributed by atoms with Crippen molar-refractivity contribution in [3.63, 3.8) is 0 Å². The quantitative estimate of drug-likeness (QED) is 0.0315. The Morgan fingerprint density at radius 2 is 0.368 bits per heavy atom. The lowest BCUT2D eigenvalue weighted by Crippen LogP contribution is -2.44. The molecular formula is C101H192O16S8. The van der Waals surface area contributed by atoms with Crippen molar-refractivity contribution < 1.29 is 76.3 Å². The van der Waals surface area contributed by atoms with E-state index in [9.17, 15) is 38.4 Å². The van der Waals surface area contributed by atoms with Crippen LogP contribution in [0.4, 0.5) is 0 Å². The van der Waals surface area contributed by atoms with Crippen LogP contribution in [0.3, 0.4) is 0 Å². The molecule has 1 atom stereocenters. The van der Waals surface area contributed by atoms with Gasteiger partial charge in [-0.2, -0.15) is 94.1 Å². The maximum atomic E-state index is 12.9. The summed E-state index contributed by atoms with van der Waals surface area (Å²) in [5, 5.41) is 0. The number of hydrogen-bond donors (Lipinski definition) is 0. The summed E-state index contributed by atoms with van der Waals surface area (Å²) in [7, 11) is 0. The number of carbonyl (C=O) groups is 8. The van der Waals surface area contributed by atoms with Crippen molar-refractivity contribution in [2.24, 2.45) is 16.7 Å². The normalized spacial score (nSPS) is 11.6. The molecule has 0 heterocycles. The predicted molar refractivity (Wildman–Crippen MR) is 551 cm³/mol. The van der Waals surface area contributed by atoms with Crippen molar-refractivity contribution in [2.45, 2.75) is 429 Å². The van der Waals surface area contributed by atoms with Crippen LogP contribution in [0.5, 0.6) is 0 Å². The molecule has 0 rings (SSSR count). The van der Waals surface area contributed by atoms with Crippen molar-refractivity contribution in [2.75, 3.05) is 145 Å². The first-order valence-electron chi connectivity index (χ1n) is 50.9. The number of rotatable bonds is 95. The van der Waals surface area contributed by atoms with Gasteiger partial charge in [0.2, 0.25) is 0 Å². The van der Waals surface area contributed by atoms with E-state index in [0.717, 1.165) is 108 Å². The molecule has 0 aromatic heterocycles. The smallest absolute Gasteiger partial charge is 0.306 e. The van der Waals surface area contributed by atoms with Crippen molar-refractivity contribution in [1.82, 2.24) is 0 Å².